The van der Waals surface area contributed by atoms with E-state index in [1.165, 1.54) is 24.3 Å². The van der Waals surface area contributed by atoms with Crippen molar-refractivity contribution < 1.29 is 18.1 Å². The summed E-state index contributed by atoms with van der Waals surface area (Å²) >= 11 is 5.86. The molecule has 0 unspecified atom stereocenters. The summed E-state index contributed by atoms with van der Waals surface area (Å²) < 4.78 is 38.2. The Kier molecular flexibility index (Phi) is 5.15. The highest BCUT2D eigenvalue weighted by molar-refractivity contribution is 6.31. The number of nitriles is 2. The van der Waals surface area contributed by atoms with Crippen molar-refractivity contribution in [1.82, 2.24) is 4.98 Å². The number of alkyl halides is 3. The van der Waals surface area contributed by atoms with Crippen LogP contribution in [-0.2, 0) is 18.0 Å². The first-order valence-corrected chi connectivity index (χ1v) is 7.30. The Morgan fingerprint density at radius 2 is 1.77 bits per heavy atom. The van der Waals surface area contributed by atoms with Crippen LogP contribution in [0.4, 0.5) is 18.9 Å². The molecule has 0 saturated carbocycles. The van der Waals surface area contributed by atoms with Crippen LogP contribution in [0.25, 0.3) is 0 Å². The number of nitro groups is 1. The number of non-ortho nitro benzene ring substituents is 1. The largest absolute Gasteiger partial charge is 0.417 e. The number of hydrogen-bond acceptors (Lipinski definition) is 5. The monoisotopic (exact) mass is 380 g/mol. The number of hydrogen-bond donors (Lipinski definition) is 0. The van der Waals surface area contributed by atoms with E-state index >= 15 is 0 Å². The number of pyridine rings is 1. The van der Waals surface area contributed by atoms with Gasteiger partial charge in [-0.2, -0.15) is 23.7 Å². The van der Waals surface area contributed by atoms with Gasteiger partial charge >= 0.3 is 6.18 Å². The summed E-state index contributed by atoms with van der Waals surface area (Å²) in [6.45, 7) is 0. The Hall–Kier alpha value is -3.17. The number of nitrogens with zero attached hydrogens (tertiary/aromatic N) is 4. The van der Waals surface area contributed by atoms with Crippen molar-refractivity contribution in [3.63, 3.8) is 0 Å². The van der Waals surface area contributed by atoms with Crippen molar-refractivity contribution in [3.8, 4) is 12.1 Å². The van der Waals surface area contributed by atoms with E-state index in [9.17, 15) is 33.8 Å². The van der Waals surface area contributed by atoms with E-state index in [0.717, 1.165) is 0 Å². The summed E-state index contributed by atoms with van der Waals surface area (Å²) in [4.78, 5) is 13.7. The molecule has 1 heterocycles. The van der Waals surface area contributed by atoms with Gasteiger partial charge in [0.15, 0.2) is 5.41 Å². The Labute approximate surface area is 150 Å². The number of rotatable bonds is 4. The molecule has 0 aliphatic rings. The lowest BCUT2D eigenvalue weighted by molar-refractivity contribution is -0.384. The Balaban J connectivity index is 2.46. The smallest absolute Gasteiger partial charge is 0.258 e. The van der Waals surface area contributed by atoms with Crippen LogP contribution in [0, 0.1) is 32.8 Å². The Bertz CT molecular complexity index is 916. The molecule has 0 aliphatic heterocycles. The number of nitro benzene ring substituents is 1. The molecule has 0 N–H and O–H groups in total. The van der Waals surface area contributed by atoms with Gasteiger partial charge in [-0.1, -0.05) is 23.7 Å². The van der Waals surface area contributed by atoms with Gasteiger partial charge in [-0.05, 0) is 11.6 Å². The SMILES string of the molecule is N#CC(C#N)(Cc1ccc([N+](=O)[O-])cc1)c1ncc(C(F)(F)F)cc1Cl. The molecule has 2 aromatic rings. The van der Waals surface area contributed by atoms with E-state index in [1.54, 1.807) is 12.1 Å². The topological polar surface area (TPSA) is 104 Å². The highest BCUT2D eigenvalue weighted by Gasteiger charge is 2.39. The van der Waals surface area contributed by atoms with Gasteiger partial charge in [0.25, 0.3) is 5.69 Å². The molecule has 0 atom stereocenters. The van der Waals surface area contributed by atoms with Gasteiger partial charge < -0.3 is 0 Å². The van der Waals surface area contributed by atoms with Crippen LogP contribution in [-0.4, -0.2) is 9.91 Å². The maximum atomic E-state index is 12.7. The molecular formula is C16H8ClF3N4O2. The van der Waals surface area contributed by atoms with Crippen LogP contribution in [0.3, 0.4) is 0 Å². The summed E-state index contributed by atoms with van der Waals surface area (Å²) in [5, 5.41) is 29.2. The minimum Gasteiger partial charge on any atom is -0.258 e. The summed E-state index contributed by atoms with van der Waals surface area (Å²) in [5.74, 6) is 0. The van der Waals surface area contributed by atoms with Crippen LogP contribution in [0.15, 0.2) is 36.5 Å². The predicted octanol–water partition coefficient (Wildman–Crippen LogP) is 4.19. The van der Waals surface area contributed by atoms with E-state index in [0.29, 0.717) is 17.8 Å². The summed E-state index contributed by atoms with van der Waals surface area (Å²) in [6.07, 6.45) is -4.42. The van der Waals surface area contributed by atoms with Crippen LogP contribution in [0.1, 0.15) is 16.8 Å². The van der Waals surface area contributed by atoms with Gasteiger partial charge in [0.1, 0.15) is 0 Å². The average Bonchev–Trinajstić information content (AvgIpc) is 2.59. The summed E-state index contributed by atoms with van der Waals surface area (Å²) in [6, 6.07) is 9.16. The lowest BCUT2D eigenvalue weighted by Gasteiger charge is -2.20. The summed E-state index contributed by atoms with van der Waals surface area (Å²) in [5.41, 5.74) is -3.16. The second kappa shape index (κ2) is 6.98. The molecule has 1 aromatic heterocycles. The number of aromatic nitrogens is 1. The van der Waals surface area contributed by atoms with Crippen molar-refractivity contribution in [1.29, 1.82) is 10.5 Å². The van der Waals surface area contributed by atoms with E-state index in [-0.39, 0.29) is 17.8 Å². The van der Waals surface area contributed by atoms with Crippen molar-refractivity contribution in [2.24, 2.45) is 0 Å². The molecule has 0 aliphatic carbocycles. The van der Waals surface area contributed by atoms with Gasteiger partial charge in [-0.3, -0.25) is 15.1 Å². The maximum absolute atomic E-state index is 12.7. The predicted molar refractivity (Wildman–Crippen MR) is 84.0 cm³/mol. The van der Waals surface area contributed by atoms with Gasteiger partial charge in [-0.25, -0.2) is 0 Å². The standard InChI is InChI=1S/C16H8ClF3N4O2/c17-13-5-11(16(18,19)20)7-23-14(13)15(8-21,9-22)6-10-1-3-12(4-2-10)24(25)26/h1-5,7H,6H2. The van der Waals surface area contributed by atoms with Gasteiger partial charge in [-0.15, -0.1) is 0 Å². The van der Waals surface area contributed by atoms with Gasteiger partial charge in [0.2, 0.25) is 0 Å². The van der Waals surface area contributed by atoms with E-state index < -0.39 is 27.1 Å². The van der Waals surface area contributed by atoms with Crippen molar-refractivity contribution >= 4 is 17.3 Å². The minimum absolute atomic E-state index is 0.182. The fourth-order valence-electron chi connectivity index (χ4n) is 2.24. The van der Waals surface area contributed by atoms with Crippen LogP contribution in [0.5, 0.6) is 0 Å². The highest BCUT2D eigenvalue weighted by atomic mass is 35.5. The second-order valence-electron chi connectivity index (χ2n) is 5.28. The first kappa shape index (κ1) is 19.2. The zero-order valence-electron chi connectivity index (χ0n) is 12.8. The molecule has 0 bridgehead atoms. The Morgan fingerprint density at radius 3 is 2.19 bits per heavy atom. The van der Waals surface area contributed by atoms with Crippen molar-refractivity contribution in [3.05, 3.63) is 68.5 Å². The quantitative estimate of drug-likeness (QED) is 0.584. The number of halogens is 4. The molecule has 0 fully saturated rings. The van der Waals surface area contributed by atoms with Gasteiger partial charge in [0.05, 0.1) is 33.3 Å². The summed E-state index contributed by atoms with van der Waals surface area (Å²) in [7, 11) is 0. The number of benzene rings is 1. The van der Waals surface area contributed by atoms with E-state index in [1.807, 2.05) is 0 Å². The zero-order chi connectivity index (χ0) is 19.5. The van der Waals surface area contributed by atoms with Crippen LogP contribution in [0.2, 0.25) is 5.02 Å². The molecule has 2 rings (SSSR count). The van der Waals surface area contributed by atoms with E-state index in [2.05, 4.69) is 4.98 Å². The fraction of sp³-hybridized carbons (Fsp3) is 0.188. The van der Waals surface area contributed by atoms with Crippen LogP contribution < -0.4 is 0 Å². The first-order valence-electron chi connectivity index (χ1n) is 6.92. The van der Waals surface area contributed by atoms with Gasteiger partial charge in [0, 0.05) is 24.8 Å². The molecule has 0 spiro atoms. The average molecular weight is 381 g/mol. The first-order chi connectivity index (χ1) is 12.1. The third-order valence-electron chi connectivity index (χ3n) is 3.57. The molecule has 132 valence electrons. The maximum Gasteiger partial charge on any atom is 0.417 e. The molecule has 0 saturated heterocycles. The highest BCUT2D eigenvalue weighted by Crippen LogP contribution is 2.36. The normalized spacial score (nSPS) is 11.5. The van der Waals surface area contributed by atoms with E-state index in [4.69, 9.17) is 11.6 Å². The van der Waals surface area contributed by atoms with Crippen molar-refractivity contribution in [2.45, 2.75) is 18.0 Å². The molecule has 0 amide bonds. The van der Waals surface area contributed by atoms with Crippen LogP contribution >= 0.6 is 11.6 Å². The lowest BCUT2D eigenvalue weighted by atomic mass is 9.81. The molecule has 0 radical (unpaired) electrons. The zero-order valence-corrected chi connectivity index (χ0v) is 13.5. The molecule has 26 heavy (non-hydrogen) atoms. The third-order valence-corrected chi connectivity index (χ3v) is 3.86. The molecule has 10 heteroatoms. The second-order valence-corrected chi connectivity index (χ2v) is 5.69. The minimum atomic E-state index is -4.67. The fourth-order valence-corrected chi connectivity index (χ4v) is 2.57. The van der Waals surface area contributed by atoms with Crippen molar-refractivity contribution in [2.75, 3.05) is 0 Å². The Morgan fingerprint density at radius 1 is 1.19 bits per heavy atom. The molecule has 1 aromatic carbocycles. The third kappa shape index (κ3) is 3.73. The molecule has 6 nitrogen and oxygen atoms in total. The molecular weight excluding hydrogens is 373 g/mol. The lowest BCUT2D eigenvalue weighted by Crippen LogP contribution is -2.27.